The summed E-state index contributed by atoms with van der Waals surface area (Å²) >= 11 is 6.87. The van der Waals surface area contributed by atoms with Gasteiger partial charge in [0.25, 0.3) is 0 Å². The summed E-state index contributed by atoms with van der Waals surface area (Å²) < 4.78 is 23.0. The number of piperazine rings is 1. The molecule has 212 valence electrons. The number of anilines is 1. The summed E-state index contributed by atoms with van der Waals surface area (Å²) in [5, 5.41) is 16.6. The predicted octanol–water partition coefficient (Wildman–Crippen LogP) is 5.75. The van der Waals surface area contributed by atoms with E-state index in [0.717, 1.165) is 49.7 Å². The summed E-state index contributed by atoms with van der Waals surface area (Å²) in [7, 11) is 2.15. The number of ether oxygens (including phenoxy) is 1. The number of hydrogen-bond donors (Lipinski definition) is 2. The van der Waals surface area contributed by atoms with Crippen LogP contribution < -0.4 is 15.0 Å². The van der Waals surface area contributed by atoms with Crippen LogP contribution in [0.25, 0.3) is 32.8 Å². The second kappa shape index (κ2) is 9.41. The van der Waals surface area contributed by atoms with Gasteiger partial charge in [0.15, 0.2) is 5.82 Å². The monoisotopic (exact) mass is 573 g/mol. The Balaban J connectivity index is 1.25. The first-order chi connectivity index (χ1) is 19.9. The van der Waals surface area contributed by atoms with Gasteiger partial charge in [-0.3, -0.25) is 4.90 Å². The minimum absolute atomic E-state index is 0.0482. The van der Waals surface area contributed by atoms with E-state index in [0.29, 0.717) is 46.9 Å². The molecule has 3 saturated heterocycles. The summed E-state index contributed by atoms with van der Waals surface area (Å²) in [4.78, 5) is 14.2. The number of aromatic nitrogens is 2. The van der Waals surface area contributed by atoms with Gasteiger partial charge in [-0.25, -0.2) is 4.39 Å². The van der Waals surface area contributed by atoms with E-state index in [1.807, 2.05) is 24.3 Å². The Labute approximate surface area is 243 Å². The molecule has 4 heterocycles. The minimum Gasteiger partial charge on any atom is -0.508 e. The smallest absolute Gasteiger partial charge is 0.319 e. The zero-order chi connectivity index (χ0) is 27.9. The van der Waals surface area contributed by atoms with Crippen LogP contribution in [0.4, 0.5) is 10.2 Å². The van der Waals surface area contributed by atoms with Crippen molar-refractivity contribution >= 4 is 39.1 Å². The van der Waals surface area contributed by atoms with E-state index in [9.17, 15) is 5.11 Å². The maximum atomic E-state index is 16.7. The van der Waals surface area contributed by atoms with Crippen molar-refractivity contribution in [3.05, 3.63) is 53.3 Å². The summed E-state index contributed by atoms with van der Waals surface area (Å²) in [6.07, 6.45) is 5.92. The van der Waals surface area contributed by atoms with Crippen molar-refractivity contribution in [2.24, 2.45) is 5.41 Å². The highest BCUT2D eigenvalue weighted by molar-refractivity contribution is 6.35. The lowest BCUT2D eigenvalue weighted by Gasteiger charge is -2.34. The molecule has 4 aliphatic rings. The van der Waals surface area contributed by atoms with Gasteiger partial charge in [0.1, 0.15) is 23.7 Å². The average molecular weight is 574 g/mol. The molecule has 3 atom stereocenters. The first-order valence-electron chi connectivity index (χ1n) is 14.6. The summed E-state index contributed by atoms with van der Waals surface area (Å²) in [6.45, 7) is 3.14. The molecule has 1 spiro atoms. The van der Waals surface area contributed by atoms with Gasteiger partial charge in [-0.15, -0.1) is 0 Å². The number of phenols is 1. The second-order valence-corrected chi connectivity index (χ2v) is 13.0. The molecule has 1 aromatic heterocycles. The third kappa shape index (κ3) is 4.39. The van der Waals surface area contributed by atoms with Crippen molar-refractivity contribution in [2.75, 3.05) is 38.2 Å². The van der Waals surface area contributed by atoms with Crippen molar-refractivity contribution in [3.63, 3.8) is 0 Å². The minimum atomic E-state index is -0.537. The summed E-state index contributed by atoms with van der Waals surface area (Å²) in [6, 6.07) is 13.8. The zero-order valence-electron chi connectivity index (χ0n) is 23.0. The number of nitrogens with one attached hydrogen (secondary N) is 1. The fourth-order valence-corrected chi connectivity index (χ4v) is 7.75. The van der Waals surface area contributed by atoms with E-state index in [-0.39, 0.29) is 27.9 Å². The molecule has 7 nitrogen and oxygen atoms in total. The van der Waals surface area contributed by atoms with Crippen LogP contribution in [0.15, 0.2) is 42.5 Å². The Morgan fingerprint density at radius 2 is 1.88 bits per heavy atom. The Morgan fingerprint density at radius 1 is 1.10 bits per heavy atom. The number of nitrogens with zero attached hydrogens (tertiary/aromatic N) is 4. The molecule has 0 unspecified atom stereocenters. The zero-order valence-corrected chi connectivity index (χ0v) is 23.8. The van der Waals surface area contributed by atoms with Crippen molar-refractivity contribution in [2.45, 2.75) is 50.2 Å². The molecule has 1 saturated carbocycles. The van der Waals surface area contributed by atoms with Gasteiger partial charge in [-0.2, -0.15) is 9.97 Å². The van der Waals surface area contributed by atoms with Crippen LogP contribution >= 0.6 is 11.6 Å². The maximum absolute atomic E-state index is 16.7. The molecule has 4 fully saturated rings. The van der Waals surface area contributed by atoms with Gasteiger partial charge in [-0.05, 0) is 79.1 Å². The first kappa shape index (κ1) is 25.5. The first-order valence-corrected chi connectivity index (χ1v) is 15.0. The van der Waals surface area contributed by atoms with E-state index in [1.165, 1.54) is 12.8 Å². The predicted molar refractivity (Wildman–Crippen MR) is 159 cm³/mol. The normalized spacial score (nSPS) is 25.0. The lowest BCUT2D eigenvalue weighted by molar-refractivity contribution is 0.188. The van der Waals surface area contributed by atoms with Crippen LogP contribution in [0, 0.1) is 11.2 Å². The number of phenolic OH excluding ortho intramolecular Hbond substituents is 1. The van der Waals surface area contributed by atoms with Gasteiger partial charge in [0.05, 0.1) is 5.02 Å². The van der Waals surface area contributed by atoms with Crippen LogP contribution in [0.5, 0.6) is 11.8 Å². The van der Waals surface area contributed by atoms with E-state index in [2.05, 4.69) is 27.1 Å². The number of benzene rings is 3. The summed E-state index contributed by atoms with van der Waals surface area (Å²) in [5.74, 6) is 0.173. The fraction of sp³-hybridized carbons (Fsp3) is 0.438. The van der Waals surface area contributed by atoms with Crippen LogP contribution in [-0.2, 0) is 0 Å². The van der Waals surface area contributed by atoms with Gasteiger partial charge in [0, 0.05) is 48.7 Å². The molecule has 0 amide bonds. The second-order valence-electron chi connectivity index (χ2n) is 12.6. The van der Waals surface area contributed by atoms with Crippen LogP contribution in [0.3, 0.4) is 0 Å². The Kier molecular flexibility index (Phi) is 5.85. The molecule has 0 radical (unpaired) electrons. The molecule has 41 heavy (non-hydrogen) atoms. The quantitative estimate of drug-likeness (QED) is 0.315. The van der Waals surface area contributed by atoms with Gasteiger partial charge in [-0.1, -0.05) is 35.9 Å². The van der Waals surface area contributed by atoms with Crippen LogP contribution in [0.2, 0.25) is 5.02 Å². The molecule has 2 N–H and O–H groups in total. The van der Waals surface area contributed by atoms with Crippen molar-refractivity contribution < 1.29 is 14.2 Å². The van der Waals surface area contributed by atoms with Crippen molar-refractivity contribution in [1.29, 1.82) is 0 Å². The Hall–Kier alpha value is -3.20. The number of fused-ring (bicyclic) bond motifs is 4. The topological polar surface area (TPSA) is 73.8 Å². The number of hydrogen-bond acceptors (Lipinski definition) is 7. The van der Waals surface area contributed by atoms with E-state index in [1.54, 1.807) is 18.2 Å². The Morgan fingerprint density at radius 3 is 2.63 bits per heavy atom. The molecule has 1 aliphatic carbocycles. The molecule has 4 aromatic rings. The number of likely N-dealkylation sites (tertiary alicyclic amines) is 1. The lowest BCUT2D eigenvalue weighted by Crippen LogP contribution is -2.51. The third-order valence-electron chi connectivity index (χ3n) is 9.71. The highest BCUT2D eigenvalue weighted by atomic mass is 35.5. The number of aromatic hydroxyl groups is 1. The molecule has 9 heteroatoms. The third-order valence-corrected chi connectivity index (χ3v) is 10.0. The van der Waals surface area contributed by atoms with Crippen LogP contribution in [0.1, 0.15) is 32.1 Å². The highest BCUT2D eigenvalue weighted by Gasteiger charge is 2.50. The standard InChI is InChI=1S/C32H33ClFN5O2/c1-38-17-32(8-9-32)13-21(38)16-41-31-36-29-25(30(37-31)39-14-19-6-7-20(15-39)35-19)12-26(33)27(28(29)34)24-11-22(40)10-18-4-2-3-5-23(18)24/h2-5,10-12,19-21,35,40H,6-9,13-17H2,1H3/t19-,20+,21-/m0/s1. The lowest BCUT2D eigenvalue weighted by atomic mass is 9.96. The van der Waals surface area contributed by atoms with Crippen molar-refractivity contribution in [1.82, 2.24) is 20.2 Å². The van der Waals surface area contributed by atoms with Crippen LogP contribution in [-0.4, -0.2) is 71.4 Å². The number of halogens is 2. The molecule has 3 aliphatic heterocycles. The molecule has 8 rings (SSSR count). The molecule has 3 aromatic carbocycles. The molecule has 2 bridgehead atoms. The molecular formula is C32H33ClFN5O2. The number of likely N-dealkylation sites (N-methyl/N-ethyl adjacent to an activating group) is 1. The highest BCUT2D eigenvalue weighted by Crippen LogP contribution is 2.54. The SMILES string of the molecule is CN1CC2(CC2)C[C@H]1COc1nc(N2C[C@H]3CC[C@@H](C2)N3)c2cc(Cl)c(-c3cc(O)cc4ccccc34)c(F)c2n1. The van der Waals surface area contributed by atoms with E-state index < -0.39 is 5.82 Å². The van der Waals surface area contributed by atoms with E-state index >= 15 is 4.39 Å². The average Bonchev–Trinajstić information content (AvgIpc) is 3.52. The Bertz CT molecular complexity index is 1680. The van der Waals surface area contributed by atoms with Gasteiger partial charge >= 0.3 is 6.01 Å². The maximum Gasteiger partial charge on any atom is 0.319 e. The fourth-order valence-electron chi connectivity index (χ4n) is 7.46. The largest absolute Gasteiger partial charge is 0.508 e. The number of rotatable bonds is 5. The van der Waals surface area contributed by atoms with Gasteiger partial charge in [0.2, 0.25) is 0 Å². The van der Waals surface area contributed by atoms with E-state index in [4.69, 9.17) is 21.3 Å². The van der Waals surface area contributed by atoms with Crippen molar-refractivity contribution in [3.8, 4) is 22.9 Å². The molecular weight excluding hydrogens is 541 g/mol. The van der Waals surface area contributed by atoms with Gasteiger partial charge < -0.3 is 20.1 Å². The summed E-state index contributed by atoms with van der Waals surface area (Å²) in [5.41, 5.74) is 1.38.